The molecule has 1 N–H and O–H groups in total. The van der Waals surface area contributed by atoms with Crippen LogP contribution in [-0.2, 0) is 4.79 Å². The molecule has 1 aromatic rings. The van der Waals surface area contributed by atoms with E-state index in [1.54, 1.807) is 36.2 Å². The highest BCUT2D eigenvalue weighted by molar-refractivity contribution is 6.30. The smallest absolute Gasteiger partial charge is 0.222 e. The Hall–Kier alpha value is -1.39. The van der Waals surface area contributed by atoms with E-state index in [0.717, 1.165) is 6.54 Å². The Morgan fingerprint density at radius 1 is 1.21 bits per heavy atom. The Morgan fingerprint density at radius 2 is 1.84 bits per heavy atom. The van der Waals surface area contributed by atoms with E-state index < -0.39 is 0 Å². The van der Waals surface area contributed by atoms with Crippen molar-refractivity contribution in [3.05, 3.63) is 34.9 Å². The van der Waals surface area contributed by atoms with Crippen LogP contribution in [0.5, 0.6) is 0 Å². The summed E-state index contributed by atoms with van der Waals surface area (Å²) in [5, 5.41) is 3.57. The number of hydrogen-bond donors (Lipinski definition) is 1. The van der Waals surface area contributed by atoms with Gasteiger partial charge in [-0.25, -0.2) is 0 Å². The summed E-state index contributed by atoms with van der Waals surface area (Å²) in [4.78, 5) is 25.3. The first-order chi connectivity index (χ1) is 9.04. The minimum absolute atomic E-state index is 0.0161. The molecular formula is C14H19ClN2O2. The lowest BCUT2D eigenvalue weighted by Gasteiger charge is -2.16. The minimum atomic E-state index is -0.0352. The van der Waals surface area contributed by atoms with Gasteiger partial charge in [0.2, 0.25) is 5.91 Å². The highest BCUT2D eigenvalue weighted by atomic mass is 35.5. The number of halogens is 1. The molecule has 0 radical (unpaired) electrons. The average molecular weight is 283 g/mol. The third-order valence-electron chi connectivity index (χ3n) is 2.86. The second-order valence-electron chi connectivity index (χ2n) is 4.35. The summed E-state index contributed by atoms with van der Waals surface area (Å²) in [6, 6.07) is 6.71. The highest BCUT2D eigenvalue weighted by Gasteiger charge is 2.12. The Kier molecular flexibility index (Phi) is 6.53. The molecule has 0 saturated heterocycles. The summed E-state index contributed by atoms with van der Waals surface area (Å²) in [7, 11) is 3.58. The van der Waals surface area contributed by atoms with Crippen LogP contribution in [0.25, 0.3) is 0 Å². The van der Waals surface area contributed by atoms with E-state index in [9.17, 15) is 9.59 Å². The number of amides is 1. The third-order valence-corrected chi connectivity index (χ3v) is 3.11. The molecule has 0 aromatic heterocycles. The van der Waals surface area contributed by atoms with E-state index >= 15 is 0 Å². The molecule has 4 nitrogen and oxygen atoms in total. The number of hydrogen-bond acceptors (Lipinski definition) is 3. The molecule has 0 unspecified atom stereocenters. The Bertz CT molecular complexity index is 432. The number of carbonyl (C=O) groups excluding carboxylic acids is 2. The summed E-state index contributed by atoms with van der Waals surface area (Å²) in [6.45, 7) is 1.39. The maximum absolute atomic E-state index is 11.9. The van der Waals surface area contributed by atoms with Gasteiger partial charge in [0.15, 0.2) is 5.78 Å². The molecule has 0 aliphatic rings. The Labute approximate surface area is 118 Å². The second kappa shape index (κ2) is 7.92. The number of nitrogens with zero attached hydrogens (tertiary/aromatic N) is 1. The van der Waals surface area contributed by atoms with E-state index in [4.69, 9.17) is 11.6 Å². The summed E-state index contributed by atoms with van der Waals surface area (Å²) >= 11 is 5.76. The fourth-order valence-electron chi connectivity index (χ4n) is 1.60. The van der Waals surface area contributed by atoms with Gasteiger partial charge in [-0.1, -0.05) is 11.6 Å². The lowest BCUT2D eigenvalue weighted by molar-refractivity contribution is -0.129. The molecule has 5 heteroatoms. The molecule has 0 spiro atoms. The van der Waals surface area contributed by atoms with Gasteiger partial charge in [0.25, 0.3) is 0 Å². The number of benzene rings is 1. The molecule has 1 rings (SSSR count). The second-order valence-corrected chi connectivity index (χ2v) is 4.79. The zero-order valence-corrected chi connectivity index (χ0v) is 12.0. The van der Waals surface area contributed by atoms with Crippen LogP contribution in [-0.4, -0.2) is 43.8 Å². The van der Waals surface area contributed by atoms with Crippen LogP contribution in [0.4, 0.5) is 0 Å². The molecule has 0 fully saturated rings. The van der Waals surface area contributed by atoms with Crippen LogP contribution in [0.15, 0.2) is 24.3 Å². The first-order valence-corrected chi connectivity index (χ1v) is 6.59. The largest absolute Gasteiger partial charge is 0.344 e. The SMILES string of the molecule is CNCCN(C)C(=O)CCC(=O)c1ccc(Cl)cc1. The molecule has 104 valence electrons. The summed E-state index contributed by atoms with van der Waals surface area (Å²) in [5.74, 6) is -0.0513. The van der Waals surface area contributed by atoms with Gasteiger partial charge in [-0.15, -0.1) is 0 Å². The van der Waals surface area contributed by atoms with Crippen molar-refractivity contribution in [1.82, 2.24) is 10.2 Å². The number of Topliss-reactive ketones (excluding diaryl/α,β-unsaturated/α-hetero) is 1. The van der Waals surface area contributed by atoms with Crippen molar-refractivity contribution in [3.63, 3.8) is 0 Å². The van der Waals surface area contributed by atoms with Gasteiger partial charge >= 0.3 is 0 Å². The minimum Gasteiger partial charge on any atom is -0.344 e. The number of ketones is 1. The summed E-state index contributed by atoms with van der Waals surface area (Å²) in [5.41, 5.74) is 0.593. The standard InChI is InChI=1S/C14H19ClN2O2/c1-16-9-10-17(2)14(19)8-7-13(18)11-3-5-12(15)6-4-11/h3-6,16H,7-10H2,1-2H3. The highest BCUT2D eigenvalue weighted by Crippen LogP contribution is 2.12. The van der Waals surface area contributed by atoms with Gasteiger partial charge in [-0.3, -0.25) is 9.59 Å². The van der Waals surface area contributed by atoms with E-state index in [-0.39, 0.29) is 24.5 Å². The maximum Gasteiger partial charge on any atom is 0.222 e. The lowest BCUT2D eigenvalue weighted by Crippen LogP contribution is -2.32. The molecule has 1 amide bonds. The van der Waals surface area contributed by atoms with Crippen molar-refractivity contribution in [2.45, 2.75) is 12.8 Å². The number of likely N-dealkylation sites (N-methyl/N-ethyl adjacent to an activating group) is 2. The molecular weight excluding hydrogens is 264 g/mol. The molecule has 1 aromatic carbocycles. The normalized spacial score (nSPS) is 10.3. The summed E-state index contributed by atoms with van der Waals surface area (Å²) in [6.07, 6.45) is 0.464. The number of nitrogens with one attached hydrogen (secondary N) is 1. The van der Waals surface area contributed by atoms with E-state index in [0.29, 0.717) is 17.1 Å². The molecule has 0 aliphatic carbocycles. The zero-order chi connectivity index (χ0) is 14.3. The van der Waals surface area contributed by atoms with Gasteiger partial charge < -0.3 is 10.2 Å². The van der Waals surface area contributed by atoms with E-state index in [1.807, 2.05) is 7.05 Å². The zero-order valence-electron chi connectivity index (χ0n) is 11.3. The van der Waals surface area contributed by atoms with E-state index in [2.05, 4.69) is 5.32 Å². The first kappa shape index (κ1) is 15.7. The van der Waals surface area contributed by atoms with Crippen LogP contribution in [0, 0.1) is 0 Å². The molecule has 0 heterocycles. The first-order valence-electron chi connectivity index (χ1n) is 6.22. The van der Waals surface area contributed by atoms with Crippen LogP contribution < -0.4 is 5.32 Å². The predicted molar refractivity (Wildman–Crippen MR) is 76.6 cm³/mol. The lowest BCUT2D eigenvalue weighted by atomic mass is 10.1. The van der Waals surface area contributed by atoms with Gasteiger partial charge in [0.1, 0.15) is 0 Å². The monoisotopic (exact) mass is 282 g/mol. The van der Waals surface area contributed by atoms with Crippen molar-refractivity contribution in [2.24, 2.45) is 0 Å². The van der Waals surface area contributed by atoms with Crippen LogP contribution >= 0.6 is 11.6 Å². The topological polar surface area (TPSA) is 49.4 Å². The number of carbonyl (C=O) groups is 2. The van der Waals surface area contributed by atoms with Gasteiger partial charge in [-0.05, 0) is 31.3 Å². The Balaban J connectivity index is 2.41. The molecule has 0 bridgehead atoms. The Morgan fingerprint density at radius 3 is 2.42 bits per heavy atom. The van der Waals surface area contributed by atoms with Gasteiger partial charge in [0.05, 0.1) is 0 Å². The predicted octanol–water partition coefficient (Wildman–Crippen LogP) is 1.98. The molecule has 0 aliphatic heterocycles. The third kappa shape index (κ3) is 5.41. The maximum atomic E-state index is 11.9. The van der Waals surface area contributed by atoms with Crippen LogP contribution in [0.3, 0.4) is 0 Å². The van der Waals surface area contributed by atoms with Gasteiger partial charge in [0, 0.05) is 43.6 Å². The molecule has 19 heavy (non-hydrogen) atoms. The summed E-state index contributed by atoms with van der Waals surface area (Å²) < 4.78 is 0. The van der Waals surface area contributed by atoms with Crippen LogP contribution in [0.1, 0.15) is 23.2 Å². The number of rotatable bonds is 7. The van der Waals surface area contributed by atoms with Crippen molar-refractivity contribution < 1.29 is 9.59 Å². The van der Waals surface area contributed by atoms with Crippen LogP contribution in [0.2, 0.25) is 5.02 Å². The van der Waals surface area contributed by atoms with Crippen molar-refractivity contribution in [2.75, 3.05) is 27.2 Å². The van der Waals surface area contributed by atoms with Crippen molar-refractivity contribution >= 4 is 23.3 Å². The quantitative estimate of drug-likeness (QED) is 0.778. The molecule has 0 atom stereocenters. The van der Waals surface area contributed by atoms with Gasteiger partial charge in [-0.2, -0.15) is 0 Å². The average Bonchev–Trinajstić information content (AvgIpc) is 2.42. The fraction of sp³-hybridized carbons (Fsp3) is 0.429. The van der Waals surface area contributed by atoms with Crippen molar-refractivity contribution in [1.29, 1.82) is 0 Å². The van der Waals surface area contributed by atoms with Crippen molar-refractivity contribution in [3.8, 4) is 0 Å². The fourth-order valence-corrected chi connectivity index (χ4v) is 1.72. The van der Waals surface area contributed by atoms with E-state index in [1.165, 1.54) is 0 Å². The molecule has 0 saturated carbocycles.